The first-order valence-electron chi connectivity index (χ1n) is 6.71. The van der Waals surface area contributed by atoms with Crippen LogP contribution in [0.5, 0.6) is 5.75 Å². The van der Waals surface area contributed by atoms with Gasteiger partial charge < -0.3 is 10.1 Å². The summed E-state index contributed by atoms with van der Waals surface area (Å²) in [5.74, 6) is -2.33. The van der Waals surface area contributed by atoms with Crippen molar-refractivity contribution in [3.63, 3.8) is 0 Å². The number of anilines is 1. The zero-order valence-corrected chi connectivity index (χ0v) is 12.3. The first-order chi connectivity index (χ1) is 11.7. The number of nitrogens with one attached hydrogen (secondary N) is 1. The van der Waals surface area contributed by atoms with Crippen LogP contribution in [0, 0.1) is 15.9 Å². The summed E-state index contributed by atoms with van der Waals surface area (Å²) in [6, 6.07) is 6.68. The van der Waals surface area contributed by atoms with Gasteiger partial charge in [-0.3, -0.25) is 14.9 Å². The molecule has 0 aliphatic heterocycles. The number of alkyl halides is 3. The van der Waals surface area contributed by atoms with Crippen molar-refractivity contribution in [3.05, 3.63) is 64.0 Å². The molecule has 0 aliphatic rings. The lowest BCUT2D eigenvalue weighted by molar-refractivity contribution is -0.385. The lowest BCUT2D eigenvalue weighted by Crippen LogP contribution is -2.22. The van der Waals surface area contributed by atoms with Crippen LogP contribution in [-0.4, -0.2) is 17.4 Å². The third-order valence-electron chi connectivity index (χ3n) is 2.98. The van der Waals surface area contributed by atoms with E-state index >= 15 is 0 Å². The molecule has 1 amide bonds. The van der Waals surface area contributed by atoms with Crippen molar-refractivity contribution in [1.82, 2.24) is 0 Å². The molecule has 0 radical (unpaired) electrons. The Labute approximate surface area is 138 Å². The van der Waals surface area contributed by atoms with Crippen LogP contribution >= 0.6 is 0 Å². The number of nitro benzene ring substituents is 1. The molecule has 0 atom stereocenters. The Hall–Kier alpha value is -3.17. The van der Waals surface area contributed by atoms with E-state index in [1.807, 2.05) is 5.32 Å². The second kappa shape index (κ2) is 7.16. The molecule has 2 aromatic carbocycles. The minimum atomic E-state index is -4.67. The molecule has 0 saturated heterocycles. The van der Waals surface area contributed by atoms with Gasteiger partial charge in [0.05, 0.1) is 16.2 Å². The number of carbonyl (C=O) groups is 1. The van der Waals surface area contributed by atoms with Crippen molar-refractivity contribution >= 4 is 17.3 Å². The number of benzene rings is 2. The summed E-state index contributed by atoms with van der Waals surface area (Å²) >= 11 is 0. The standard InChI is InChI=1S/C15H10F4N2O4/c16-9-5-6-12(21(23)24)13(7-9)25-8-14(22)20-11-4-2-1-3-10(11)15(17,18)19/h1-7H,8H2,(H,20,22). The van der Waals surface area contributed by atoms with E-state index in [9.17, 15) is 32.5 Å². The molecule has 0 aliphatic carbocycles. The molecule has 0 spiro atoms. The average molecular weight is 358 g/mol. The maximum atomic E-state index is 13.1. The van der Waals surface area contributed by atoms with E-state index < -0.39 is 52.1 Å². The van der Waals surface area contributed by atoms with E-state index in [0.29, 0.717) is 6.07 Å². The molecule has 2 rings (SSSR count). The van der Waals surface area contributed by atoms with Gasteiger partial charge in [0.25, 0.3) is 5.91 Å². The van der Waals surface area contributed by atoms with E-state index in [1.165, 1.54) is 6.07 Å². The Morgan fingerprint density at radius 3 is 2.52 bits per heavy atom. The number of hydrogen-bond acceptors (Lipinski definition) is 4. The number of para-hydroxylation sites is 1. The summed E-state index contributed by atoms with van der Waals surface area (Å²) in [5.41, 5.74) is -2.12. The van der Waals surface area contributed by atoms with Crippen molar-refractivity contribution < 1.29 is 32.0 Å². The fourth-order valence-electron chi connectivity index (χ4n) is 1.92. The molecule has 0 saturated carbocycles. The Morgan fingerprint density at radius 2 is 1.88 bits per heavy atom. The van der Waals surface area contributed by atoms with E-state index in [1.54, 1.807) is 0 Å². The van der Waals surface area contributed by atoms with Crippen LogP contribution in [-0.2, 0) is 11.0 Å². The summed E-state index contributed by atoms with van der Waals surface area (Å²) in [5, 5.41) is 12.8. The minimum absolute atomic E-state index is 0.489. The minimum Gasteiger partial charge on any atom is -0.477 e. The first-order valence-corrected chi connectivity index (χ1v) is 6.71. The summed E-state index contributed by atoms with van der Waals surface area (Å²) < 4.78 is 56.5. The topological polar surface area (TPSA) is 81.5 Å². The van der Waals surface area contributed by atoms with Gasteiger partial charge in [0, 0.05) is 12.1 Å². The Morgan fingerprint density at radius 1 is 1.20 bits per heavy atom. The van der Waals surface area contributed by atoms with Crippen LogP contribution in [0.2, 0.25) is 0 Å². The van der Waals surface area contributed by atoms with Gasteiger partial charge in [-0.1, -0.05) is 12.1 Å². The summed E-state index contributed by atoms with van der Waals surface area (Å²) in [6.07, 6.45) is -4.67. The normalized spacial score (nSPS) is 11.0. The van der Waals surface area contributed by atoms with Gasteiger partial charge >= 0.3 is 11.9 Å². The number of halogens is 4. The molecule has 1 N–H and O–H groups in total. The molecule has 25 heavy (non-hydrogen) atoms. The van der Waals surface area contributed by atoms with Crippen molar-refractivity contribution in [2.45, 2.75) is 6.18 Å². The van der Waals surface area contributed by atoms with Crippen LogP contribution in [0.3, 0.4) is 0 Å². The highest BCUT2D eigenvalue weighted by atomic mass is 19.4. The smallest absolute Gasteiger partial charge is 0.418 e. The highest BCUT2D eigenvalue weighted by molar-refractivity contribution is 5.92. The monoisotopic (exact) mass is 358 g/mol. The number of amides is 1. The van der Waals surface area contributed by atoms with Gasteiger partial charge in [0.2, 0.25) is 5.75 Å². The van der Waals surface area contributed by atoms with E-state index in [-0.39, 0.29) is 0 Å². The average Bonchev–Trinajstić information content (AvgIpc) is 2.52. The van der Waals surface area contributed by atoms with Gasteiger partial charge in [-0.05, 0) is 18.2 Å². The van der Waals surface area contributed by atoms with Crippen LogP contribution in [0.1, 0.15) is 5.56 Å². The number of rotatable bonds is 5. The first kappa shape index (κ1) is 18.2. The lowest BCUT2D eigenvalue weighted by atomic mass is 10.1. The van der Waals surface area contributed by atoms with Crippen molar-refractivity contribution in [3.8, 4) is 5.75 Å². The molecule has 0 heterocycles. The second-order valence-electron chi connectivity index (χ2n) is 4.75. The molecule has 0 fully saturated rings. The number of nitro groups is 1. The Bertz CT molecular complexity index is 808. The zero-order valence-electron chi connectivity index (χ0n) is 12.3. The molecule has 0 aromatic heterocycles. The van der Waals surface area contributed by atoms with E-state index in [4.69, 9.17) is 4.74 Å². The van der Waals surface area contributed by atoms with Crippen LogP contribution in [0.4, 0.5) is 28.9 Å². The third kappa shape index (κ3) is 4.66. The van der Waals surface area contributed by atoms with Gasteiger partial charge in [-0.15, -0.1) is 0 Å². The molecule has 0 unspecified atom stereocenters. The number of nitrogens with zero attached hydrogens (tertiary/aromatic N) is 1. The van der Waals surface area contributed by atoms with E-state index in [2.05, 4.69) is 0 Å². The molecule has 132 valence electrons. The molecule has 0 bridgehead atoms. The number of carbonyl (C=O) groups excluding carboxylic acids is 1. The fraction of sp³-hybridized carbons (Fsp3) is 0.133. The van der Waals surface area contributed by atoms with E-state index in [0.717, 1.165) is 30.3 Å². The fourth-order valence-corrected chi connectivity index (χ4v) is 1.92. The quantitative estimate of drug-likeness (QED) is 0.501. The maximum Gasteiger partial charge on any atom is 0.418 e. The van der Waals surface area contributed by atoms with Gasteiger partial charge in [0.1, 0.15) is 5.82 Å². The molecular weight excluding hydrogens is 348 g/mol. The third-order valence-corrected chi connectivity index (χ3v) is 2.98. The van der Waals surface area contributed by atoms with Crippen molar-refractivity contribution in [2.24, 2.45) is 0 Å². The highest BCUT2D eigenvalue weighted by Crippen LogP contribution is 2.34. The summed E-state index contributed by atoms with van der Waals surface area (Å²) in [7, 11) is 0. The predicted molar refractivity (Wildman–Crippen MR) is 78.6 cm³/mol. The molecule has 10 heteroatoms. The predicted octanol–water partition coefficient (Wildman–Crippen LogP) is 3.77. The van der Waals surface area contributed by atoms with Crippen LogP contribution in [0.15, 0.2) is 42.5 Å². The highest BCUT2D eigenvalue weighted by Gasteiger charge is 2.33. The molecule has 2 aromatic rings. The summed E-state index contributed by atoms with van der Waals surface area (Å²) in [6.45, 7) is -0.837. The Balaban J connectivity index is 2.11. The van der Waals surface area contributed by atoms with Crippen molar-refractivity contribution in [1.29, 1.82) is 0 Å². The van der Waals surface area contributed by atoms with Crippen molar-refractivity contribution in [2.75, 3.05) is 11.9 Å². The Kier molecular flexibility index (Phi) is 5.20. The molecule has 6 nitrogen and oxygen atoms in total. The number of hydrogen-bond donors (Lipinski definition) is 1. The van der Waals surface area contributed by atoms with Gasteiger partial charge in [-0.2, -0.15) is 13.2 Å². The number of ether oxygens (including phenoxy) is 1. The summed E-state index contributed by atoms with van der Waals surface area (Å²) in [4.78, 5) is 21.7. The SMILES string of the molecule is O=C(COc1cc(F)ccc1[N+](=O)[O-])Nc1ccccc1C(F)(F)F. The maximum absolute atomic E-state index is 13.1. The molecular formula is C15H10F4N2O4. The van der Waals surface area contributed by atoms with Gasteiger partial charge in [-0.25, -0.2) is 4.39 Å². The second-order valence-corrected chi connectivity index (χ2v) is 4.75. The van der Waals surface area contributed by atoms with Crippen LogP contribution in [0.25, 0.3) is 0 Å². The van der Waals surface area contributed by atoms with Crippen LogP contribution < -0.4 is 10.1 Å². The largest absolute Gasteiger partial charge is 0.477 e. The lowest BCUT2D eigenvalue weighted by Gasteiger charge is -2.13. The van der Waals surface area contributed by atoms with Gasteiger partial charge in [0.15, 0.2) is 6.61 Å². The zero-order chi connectivity index (χ0) is 18.6.